The molecule has 3 amide bonds. The molecule has 0 unspecified atom stereocenters. The Morgan fingerprint density at radius 2 is 1.82 bits per heavy atom. The highest BCUT2D eigenvalue weighted by Gasteiger charge is 2.21. The number of anilines is 2. The Labute approximate surface area is 164 Å². The second-order valence-electron chi connectivity index (χ2n) is 6.94. The summed E-state index contributed by atoms with van der Waals surface area (Å²) in [4.78, 5) is 39.8. The Balaban J connectivity index is 1.52. The van der Waals surface area contributed by atoms with E-state index < -0.39 is 0 Å². The molecule has 2 aromatic carbocycles. The van der Waals surface area contributed by atoms with E-state index in [1.165, 1.54) is 0 Å². The first-order valence-electron chi connectivity index (χ1n) is 9.20. The molecule has 0 saturated carbocycles. The molecule has 0 aromatic heterocycles. The molecule has 7 nitrogen and oxygen atoms in total. The van der Waals surface area contributed by atoms with Gasteiger partial charge in [-0.1, -0.05) is 18.2 Å². The van der Waals surface area contributed by atoms with Crippen molar-refractivity contribution in [1.29, 1.82) is 0 Å². The van der Waals surface area contributed by atoms with Gasteiger partial charge in [0.1, 0.15) is 0 Å². The van der Waals surface area contributed by atoms with Crippen molar-refractivity contribution in [2.24, 2.45) is 0 Å². The highest BCUT2D eigenvalue weighted by Crippen LogP contribution is 2.21. The number of nitrogens with one attached hydrogen (secondary N) is 2. The first-order chi connectivity index (χ1) is 13.4. The van der Waals surface area contributed by atoms with E-state index in [0.717, 1.165) is 29.9 Å². The number of carbonyl (C=O) groups is 3. The monoisotopic (exact) mass is 380 g/mol. The fourth-order valence-corrected chi connectivity index (χ4v) is 3.07. The van der Waals surface area contributed by atoms with Crippen molar-refractivity contribution in [3.63, 3.8) is 0 Å². The highest BCUT2D eigenvalue weighted by atomic mass is 16.2. The van der Waals surface area contributed by atoms with Crippen LogP contribution in [0.2, 0.25) is 0 Å². The molecular weight excluding hydrogens is 356 g/mol. The average Bonchev–Trinajstić information content (AvgIpc) is 3.12. The summed E-state index contributed by atoms with van der Waals surface area (Å²) in [6, 6.07) is 14.5. The fraction of sp³-hybridized carbons (Fsp3) is 0.286. The lowest BCUT2D eigenvalue weighted by Crippen LogP contribution is -2.42. The van der Waals surface area contributed by atoms with Crippen molar-refractivity contribution in [1.82, 2.24) is 10.9 Å². The lowest BCUT2D eigenvalue weighted by molar-refractivity contribution is -0.121. The molecule has 146 valence electrons. The quantitative estimate of drug-likeness (QED) is 0.776. The lowest BCUT2D eigenvalue weighted by Gasteiger charge is -2.16. The molecule has 1 aliphatic rings. The number of hydrogen-bond donors (Lipinski definition) is 2. The summed E-state index contributed by atoms with van der Waals surface area (Å²) in [7, 11) is 3.79. The van der Waals surface area contributed by atoms with Crippen LogP contribution in [0.15, 0.2) is 48.5 Å². The Hall–Kier alpha value is -3.35. The van der Waals surface area contributed by atoms with Crippen LogP contribution in [-0.2, 0) is 16.0 Å². The second kappa shape index (κ2) is 8.56. The SMILES string of the molecule is CN(C)c1cccc(C(=O)NNC(=O)Cc2ccc(N3CCCC3=O)cc2)c1. The maximum absolute atomic E-state index is 12.2. The number of hydrogen-bond acceptors (Lipinski definition) is 4. The van der Waals surface area contributed by atoms with Gasteiger partial charge in [0.05, 0.1) is 6.42 Å². The zero-order valence-electron chi connectivity index (χ0n) is 16.1. The van der Waals surface area contributed by atoms with Crippen LogP contribution < -0.4 is 20.7 Å². The van der Waals surface area contributed by atoms with Crippen molar-refractivity contribution < 1.29 is 14.4 Å². The van der Waals surface area contributed by atoms with Gasteiger partial charge in [0, 0.05) is 44.0 Å². The Morgan fingerprint density at radius 1 is 1.07 bits per heavy atom. The van der Waals surface area contributed by atoms with E-state index >= 15 is 0 Å². The third kappa shape index (κ3) is 4.68. The van der Waals surface area contributed by atoms with Gasteiger partial charge in [-0.15, -0.1) is 0 Å². The zero-order valence-corrected chi connectivity index (χ0v) is 16.1. The van der Waals surface area contributed by atoms with Crippen LogP contribution in [0, 0.1) is 0 Å². The number of benzene rings is 2. The van der Waals surface area contributed by atoms with E-state index in [9.17, 15) is 14.4 Å². The van der Waals surface area contributed by atoms with Crippen molar-refractivity contribution in [3.05, 3.63) is 59.7 Å². The normalized spacial score (nSPS) is 13.4. The van der Waals surface area contributed by atoms with Crippen LogP contribution in [-0.4, -0.2) is 38.4 Å². The van der Waals surface area contributed by atoms with E-state index in [1.807, 2.05) is 49.3 Å². The number of carbonyl (C=O) groups excluding carboxylic acids is 3. The van der Waals surface area contributed by atoms with Gasteiger partial charge in [0.15, 0.2) is 0 Å². The standard InChI is InChI=1S/C21H24N4O3/c1-24(2)18-6-3-5-16(14-18)21(28)23-22-19(26)13-15-8-10-17(11-9-15)25-12-4-7-20(25)27/h3,5-6,8-11,14H,4,7,12-13H2,1-2H3,(H,22,26)(H,23,28). The van der Waals surface area contributed by atoms with Gasteiger partial charge in [-0.3, -0.25) is 25.2 Å². The van der Waals surface area contributed by atoms with E-state index in [4.69, 9.17) is 0 Å². The molecule has 1 aliphatic heterocycles. The third-order valence-corrected chi connectivity index (χ3v) is 4.63. The van der Waals surface area contributed by atoms with Crippen molar-refractivity contribution in [2.45, 2.75) is 19.3 Å². The zero-order chi connectivity index (χ0) is 20.1. The maximum atomic E-state index is 12.2. The van der Waals surface area contributed by atoms with Crippen molar-refractivity contribution in [3.8, 4) is 0 Å². The summed E-state index contributed by atoms with van der Waals surface area (Å²) in [6.07, 6.45) is 1.59. The average molecular weight is 380 g/mol. The molecule has 0 aliphatic carbocycles. The van der Waals surface area contributed by atoms with Crippen LogP contribution >= 0.6 is 0 Å². The molecule has 1 saturated heterocycles. The molecule has 0 atom stereocenters. The Kier molecular flexibility index (Phi) is 5.93. The van der Waals surface area contributed by atoms with Crippen LogP contribution in [0.1, 0.15) is 28.8 Å². The Morgan fingerprint density at radius 3 is 2.46 bits per heavy atom. The predicted octanol–water partition coefficient (Wildman–Crippen LogP) is 1.88. The van der Waals surface area contributed by atoms with E-state index in [-0.39, 0.29) is 24.1 Å². The van der Waals surface area contributed by atoms with Crippen LogP contribution in [0.25, 0.3) is 0 Å². The summed E-state index contributed by atoms with van der Waals surface area (Å²) in [5.41, 5.74) is 7.89. The van der Waals surface area contributed by atoms with Gasteiger partial charge in [0.2, 0.25) is 11.8 Å². The minimum absolute atomic E-state index is 0.131. The molecule has 3 rings (SSSR count). The predicted molar refractivity (Wildman–Crippen MR) is 108 cm³/mol. The molecule has 7 heteroatoms. The minimum Gasteiger partial charge on any atom is -0.378 e. The second-order valence-corrected chi connectivity index (χ2v) is 6.94. The number of nitrogens with zero attached hydrogens (tertiary/aromatic N) is 2. The third-order valence-electron chi connectivity index (χ3n) is 4.63. The van der Waals surface area contributed by atoms with Crippen LogP contribution in [0.4, 0.5) is 11.4 Å². The molecule has 28 heavy (non-hydrogen) atoms. The molecule has 0 bridgehead atoms. The van der Waals surface area contributed by atoms with E-state index in [0.29, 0.717) is 12.0 Å². The summed E-state index contributed by atoms with van der Waals surface area (Å²) >= 11 is 0. The molecule has 0 radical (unpaired) electrons. The van der Waals surface area contributed by atoms with Crippen LogP contribution in [0.5, 0.6) is 0 Å². The topological polar surface area (TPSA) is 81.8 Å². The van der Waals surface area contributed by atoms with Gasteiger partial charge < -0.3 is 9.80 Å². The first-order valence-corrected chi connectivity index (χ1v) is 9.20. The summed E-state index contributed by atoms with van der Waals surface area (Å²) in [5, 5.41) is 0. The Bertz CT molecular complexity index is 877. The van der Waals surface area contributed by atoms with Crippen molar-refractivity contribution >= 4 is 29.1 Å². The van der Waals surface area contributed by atoms with Gasteiger partial charge in [-0.2, -0.15) is 0 Å². The summed E-state index contributed by atoms with van der Waals surface area (Å²) in [6.45, 7) is 0.736. The molecule has 2 aromatic rings. The number of amides is 3. The first kappa shape index (κ1) is 19.4. The summed E-state index contributed by atoms with van der Waals surface area (Å²) in [5.74, 6) is -0.561. The molecule has 1 heterocycles. The van der Waals surface area contributed by atoms with Crippen LogP contribution in [0.3, 0.4) is 0 Å². The van der Waals surface area contributed by atoms with E-state index in [1.54, 1.807) is 23.1 Å². The van der Waals surface area contributed by atoms with Gasteiger partial charge in [-0.05, 0) is 42.3 Å². The number of hydrazine groups is 1. The van der Waals surface area contributed by atoms with Crippen molar-refractivity contribution in [2.75, 3.05) is 30.4 Å². The fourth-order valence-electron chi connectivity index (χ4n) is 3.07. The molecule has 0 spiro atoms. The molecule has 1 fully saturated rings. The van der Waals surface area contributed by atoms with Gasteiger partial charge in [-0.25, -0.2) is 0 Å². The smallest absolute Gasteiger partial charge is 0.269 e. The highest BCUT2D eigenvalue weighted by molar-refractivity contribution is 5.96. The maximum Gasteiger partial charge on any atom is 0.269 e. The summed E-state index contributed by atoms with van der Waals surface area (Å²) < 4.78 is 0. The molecule has 2 N–H and O–H groups in total. The van der Waals surface area contributed by atoms with E-state index in [2.05, 4.69) is 10.9 Å². The minimum atomic E-state index is -0.375. The molecular formula is C21H24N4O3. The largest absolute Gasteiger partial charge is 0.378 e. The lowest BCUT2D eigenvalue weighted by atomic mass is 10.1. The van der Waals surface area contributed by atoms with Gasteiger partial charge >= 0.3 is 0 Å². The van der Waals surface area contributed by atoms with Gasteiger partial charge in [0.25, 0.3) is 5.91 Å². The number of rotatable bonds is 5.